The molecule has 1 unspecified atom stereocenters. The van der Waals surface area contributed by atoms with Gasteiger partial charge >= 0.3 is 0 Å². The largest absolute Gasteiger partial charge is 0.497 e. The molecule has 1 heterocycles. The van der Waals surface area contributed by atoms with Crippen LogP contribution in [0, 0.1) is 11.6 Å². The molecule has 6 nitrogen and oxygen atoms in total. The number of fused-ring (bicyclic) bond motifs is 1. The van der Waals surface area contributed by atoms with E-state index in [1.807, 2.05) is 0 Å². The van der Waals surface area contributed by atoms with E-state index in [9.17, 15) is 32.3 Å². The zero-order chi connectivity index (χ0) is 24.6. The van der Waals surface area contributed by atoms with Gasteiger partial charge in [0.05, 0.1) is 30.2 Å². The first kappa shape index (κ1) is 23.7. The van der Waals surface area contributed by atoms with Gasteiger partial charge in [-0.1, -0.05) is 12.1 Å². The zero-order valence-corrected chi connectivity index (χ0v) is 18.2. The van der Waals surface area contributed by atoms with E-state index in [1.54, 1.807) is 24.3 Å². The minimum Gasteiger partial charge on any atom is -0.497 e. The van der Waals surface area contributed by atoms with E-state index in [0.717, 1.165) is 18.3 Å². The summed E-state index contributed by atoms with van der Waals surface area (Å²) in [6, 6.07) is 7.05. The molecule has 180 valence electrons. The van der Waals surface area contributed by atoms with Crippen LogP contribution in [0.15, 0.2) is 47.4 Å². The summed E-state index contributed by atoms with van der Waals surface area (Å²) in [6.45, 7) is -0.0223. The van der Waals surface area contributed by atoms with Gasteiger partial charge in [-0.3, -0.25) is 9.59 Å². The molecule has 1 amide bonds. The van der Waals surface area contributed by atoms with Crippen molar-refractivity contribution in [2.45, 2.75) is 43.9 Å². The van der Waals surface area contributed by atoms with Crippen LogP contribution >= 0.6 is 0 Å². The standard InChI is InChI=1S/C24H22F4N2O4/c1-34-14-4-2-13(3-5-14)11-30-12-15(22(32)20-16(25)6-7-17(26)21(20)30)23(33)29-18-10-24(27,28)9-8-19(18)31/h2-7,12,18-19,31H,8-11H2,1H3,(H,29,33)/t18?,19-/m0/s1. The molecular weight excluding hydrogens is 456 g/mol. The molecule has 1 fully saturated rings. The quantitative estimate of drug-likeness (QED) is 0.549. The van der Waals surface area contributed by atoms with Gasteiger partial charge in [-0.05, 0) is 36.2 Å². The van der Waals surface area contributed by atoms with Crippen molar-refractivity contribution in [3.63, 3.8) is 0 Å². The van der Waals surface area contributed by atoms with Crippen LogP contribution in [0.2, 0.25) is 0 Å². The summed E-state index contributed by atoms with van der Waals surface area (Å²) < 4.78 is 63.3. The van der Waals surface area contributed by atoms with Crippen molar-refractivity contribution in [3.05, 3.63) is 75.6 Å². The van der Waals surface area contributed by atoms with Crippen LogP contribution in [-0.2, 0) is 6.54 Å². The Hall–Kier alpha value is -3.40. The number of ether oxygens (including phenoxy) is 1. The molecule has 2 aromatic carbocycles. The molecule has 1 saturated carbocycles. The summed E-state index contributed by atoms with van der Waals surface area (Å²) in [4.78, 5) is 25.9. The highest BCUT2D eigenvalue weighted by atomic mass is 19.3. The Kier molecular flexibility index (Phi) is 6.35. The number of benzene rings is 2. The van der Waals surface area contributed by atoms with E-state index >= 15 is 0 Å². The Labute approximate surface area is 191 Å². The van der Waals surface area contributed by atoms with Crippen LogP contribution in [0.25, 0.3) is 10.9 Å². The first-order valence-corrected chi connectivity index (χ1v) is 10.6. The number of hydrogen-bond donors (Lipinski definition) is 2. The predicted molar refractivity (Wildman–Crippen MR) is 116 cm³/mol. The lowest BCUT2D eigenvalue weighted by Crippen LogP contribution is -2.50. The maximum atomic E-state index is 14.7. The van der Waals surface area contributed by atoms with Crippen molar-refractivity contribution in [3.8, 4) is 5.75 Å². The third-order valence-corrected chi connectivity index (χ3v) is 5.98. The number of aliphatic hydroxyl groups is 1. The summed E-state index contributed by atoms with van der Waals surface area (Å²) in [5, 5.41) is 11.7. The van der Waals surface area contributed by atoms with Crippen LogP contribution in [0.1, 0.15) is 35.2 Å². The first-order valence-electron chi connectivity index (χ1n) is 10.6. The van der Waals surface area contributed by atoms with Crippen molar-refractivity contribution in [2.75, 3.05) is 7.11 Å². The van der Waals surface area contributed by atoms with Gasteiger partial charge in [-0.25, -0.2) is 17.6 Å². The number of hydrogen-bond acceptors (Lipinski definition) is 4. The molecule has 2 N–H and O–H groups in total. The first-order chi connectivity index (χ1) is 16.1. The highest BCUT2D eigenvalue weighted by Crippen LogP contribution is 2.33. The Morgan fingerprint density at radius 3 is 2.53 bits per heavy atom. The fourth-order valence-electron chi connectivity index (χ4n) is 4.18. The highest BCUT2D eigenvalue weighted by molar-refractivity contribution is 5.97. The Morgan fingerprint density at radius 1 is 1.18 bits per heavy atom. The number of nitrogens with zero attached hydrogens (tertiary/aromatic N) is 1. The molecule has 1 aliphatic rings. The number of aliphatic hydroxyl groups excluding tert-OH is 1. The number of halogens is 4. The average Bonchev–Trinajstić information content (AvgIpc) is 2.80. The van der Waals surface area contributed by atoms with Gasteiger partial charge in [0.1, 0.15) is 22.9 Å². The SMILES string of the molecule is COc1ccc(Cn2cc(C(=O)NC3CC(F)(F)CC[C@@H]3O)c(=O)c3c(F)ccc(F)c32)cc1. The number of carbonyl (C=O) groups excluding carboxylic acids is 1. The maximum Gasteiger partial charge on any atom is 0.257 e. The average molecular weight is 478 g/mol. The minimum absolute atomic E-state index is 0.0223. The molecule has 3 aromatic rings. The lowest BCUT2D eigenvalue weighted by Gasteiger charge is -2.33. The van der Waals surface area contributed by atoms with Crippen molar-refractivity contribution in [1.29, 1.82) is 0 Å². The van der Waals surface area contributed by atoms with E-state index in [1.165, 1.54) is 11.7 Å². The normalized spacial score (nSPS) is 19.7. The second-order valence-corrected chi connectivity index (χ2v) is 8.35. The van der Waals surface area contributed by atoms with Crippen molar-refractivity contribution >= 4 is 16.8 Å². The summed E-state index contributed by atoms with van der Waals surface area (Å²) in [5.41, 5.74) is -1.32. The summed E-state index contributed by atoms with van der Waals surface area (Å²) in [5.74, 6) is -5.45. The minimum atomic E-state index is -3.08. The molecule has 0 radical (unpaired) electrons. The summed E-state index contributed by atoms with van der Waals surface area (Å²) in [7, 11) is 1.49. The molecule has 34 heavy (non-hydrogen) atoms. The van der Waals surface area contributed by atoms with Gasteiger partial charge in [0.2, 0.25) is 11.4 Å². The number of nitrogens with one attached hydrogen (secondary N) is 1. The Balaban J connectivity index is 1.77. The third kappa shape index (κ3) is 4.63. The van der Waals surface area contributed by atoms with E-state index in [-0.39, 0.29) is 18.5 Å². The Morgan fingerprint density at radius 2 is 1.85 bits per heavy atom. The monoisotopic (exact) mass is 478 g/mol. The number of rotatable bonds is 5. The van der Waals surface area contributed by atoms with Crippen molar-refractivity contribution in [2.24, 2.45) is 0 Å². The van der Waals surface area contributed by atoms with Gasteiger partial charge in [-0.2, -0.15) is 0 Å². The van der Waals surface area contributed by atoms with Gasteiger partial charge in [0.15, 0.2) is 0 Å². The number of methoxy groups -OCH3 is 1. The second-order valence-electron chi connectivity index (χ2n) is 8.35. The fourth-order valence-corrected chi connectivity index (χ4v) is 4.18. The molecule has 0 bridgehead atoms. The van der Waals surface area contributed by atoms with Crippen LogP contribution in [0.4, 0.5) is 17.6 Å². The molecule has 1 aromatic heterocycles. The summed E-state index contributed by atoms with van der Waals surface area (Å²) in [6.07, 6.45) is -1.69. The topological polar surface area (TPSA) is 80.6 Å². The van der Waals surface area contributed by atoms with Crippen molar-refractivity contribution in [1.82, 2.24) is 9.88 Å². The number of carbonyl (C=O) groups is 1. The summed E-state index contributed by atoms with van der Waals surface area (Å²) >= 11 is 0. The number of amides is 1. The van der Waals surface area contributed by atoms with Crippen LogP contribution in [0.3, 0.4) is 0 Å². The van der Waals surface area contributed by atoms with Crippen LogP contribution in [0.5, 0.6) is 5.75 Å². The lowest BCUT2D eigenvalue weighted by atomic mass is 9.89. The van der Waals surface area contributed by atoms with Gasteiger partial charge in [-0.15, -0.1) is 0 Å². The molecule has 0 saturated heterocycles. The fraction of sp³-hybridized carbons (Fsp3) is 0.333. The molecule has 2 atom stereocenters. The van der Waals surface area contributed by atoms with E-state index < -0.39 is 64.8 Å². The third-order valence-electron chi connectivity index (χ3n) is 5.98. The molecule has 0 aliphatic heterocycles. The van der Waals surface area contributed by atoms with E-state index in [0.29, 0.717) is 11.3 Å². The molecule has 10 heteroatoms. The van der Waals surface area contributed by atoms with Crippen LogP contribution < -0.4 is 15.5 Å². The molecular formula is C24H22F4N2O4. The molecule has 4 rings (SSSR count). The maximum absolute atomic E-state index is 14.7. The van der Waals surface area contributed by atoms with Gasteiger partial charge in [0, 0.05) is 25.6 Å². The van der Waals surface area contributed by atoms with E-state index in [2.05, 4.69) is 5.32 Å². The van der Waals surface area contributed by atoms with Gasteiger partial charge < -0.3 is 19.7 Å². The molecule has 0 spiro atoms. The van der Waals surface area contributed by atoms with Gasteiger partial charge in [0.25, 0.3) is 5.91 Å². The van der Waals surface area contributed by atoms with E-state index in [4.69, 9.17) is 4.74 Å². The lowest BCUT2D eigenvalue weighted by molar-refractivity contribution is -0.0768. The van der Waals surface area contributed by atoms with Crippen LogP contribution in [-0.4, -0.2) is 40.8 Å². The molecule has 1 aliphatic carbocycles. The number of pyridine rings is 1. The smallest absolute Gasteiger partial charge is 0.257 e. The zero-order valence-electron chi connectivity index (χ0n) is 18.2. The second kappa shape index (κ2) is 9.09. The number of aromatic nitrogens is 1. The predicted octanol–water partition coefficient (Wildman–Crippen LogP) is 3.62. The van der Waals surface area contributed by atoms with Crippen molar-refractivity contribution < 1.29 is 32.2 Å². The highest BCUT2D eigenvalue weighted by Gasteiger charge is 2.41. The number of alkyl halides is 2. The Bertz CT molecular complexity index is 1290.